The van der Waals surface area contributed by atoms with E-state index in [0.29, 0.717) is 0 Å². The van der Waals surface area contributed by atoms with Crippen molar-refractivity contribution in [2.45, 2.75) is 13.8 Å². The van der Waals surface area contributed by atoms with Crippen molar-refractivity contribution >= 4 is 62.7 Å². The number of amides is 5. The fourth-order valence-corrected chi connectivity index (χ4v) is 1.05. The van der Waals surface area contributed by atoms with Gasteiger partial charge < -0.3 is 25.3 Å². The van der Waals surface area contributed by atoms with Crippen LogP contribution in [0.3, 0.4) is 0 Å². The van der Waals surface area contributed by atoms with Gasteiger partial charge in [0.1, 0.15) is 0 Å². The van der Waals surface area contributed by atoms with Gasteiger partial charge in [-0.2, -0.15) is 0 Å². The molecule has 5 amide bonds. The Hall–Kier alpha value is -1.78. The lowest BCUT2D eigenvalue weighted by atomic mass is 10.6. The molecule has 0 aromatic carbocycles. The maximum absolute atomic E-state index is 10.6. The van der Waals surface area contributed by atoms with E-state index in [1.54, 1.807) is 14.1 Å². The van der Waals surface area contributed by atoms with Gasteiger partial charge in [0.15, 0.2) is 0 Å². The normalized spacial score (nSPS) is 8.65. The van der Waals surface area contributed by atoms with Crippen LogP contribution >= 0.6 is 34.8 Å². The van der Waals surface area contributed by atoms with Crippen molar-refractivity contribution in [1.29, 1.82) is 0 Å². The predicted octanol–water partition coefficient (Wildman–Crippen LogP) is 1.73. The number of rotatable bonds is 4. The highest BCUT2D eigenvalue weighted by Crippen LogP contribution is 1.95. The maximum atomic E-state index is 10.6. The summed E-state index contributed by atoms with van der Waals surface area (Å²) < 4.78 is 0. The van der Waals surface area contributed by atoms with Crippen molar-refractivity contribution in [3.05, 3.63) is 0 Å². The van der Waals surface area contributed by atoms with Crippen LogP contribution in [0.15, 0.2) is 0 Å². The van der Waals surface area contributed by atoms with Crippen molar-refractivity contribution in [3.63, 3.8) is 0 Å². The van der Waals surface area contributed by atoms with E-state index in [0.717, 1.165) is 0 Å². The van der Waals surface area contributed by atoms with Crippen LogP contribution in [0, 0.1) is 0 Å². The zero-order valence-corrected chi connectivity index (χ0v) is 17.7. The van der Waals surface area contributed by atoms with E-state index >= 15 is 0 Å². The van der Waals surface area contributed by atoms with Gasteiger partial charge in [0.2, 0.25) is 11.8 Å². The summed E-state index contributed by atoms with van der Waals surface area (Å²) >= 11 is 14.7. The fraction of sp³-hybridized carbons (Fsp3) is 0.615. The average Bonchev–Trinajstić information content (AvgIpc) is 2.46. The molecule has 0 aliphatic heterocycles. The van der Waals surface area contributed by atoms with Crippen LogP contribution in [0.25, 0.3) is 0 Å². The number of nitrogens with two attached hydrogens (primary N) is 1. The third kappa shape index (κ3) is 20.3. The second-order valence-electron chi connectivity index (χ2n) is 4.92. The van der Waals surface area contributed by atoms with Crippen LogP contribution in [0.5, 0.6) is 0 Å². The lowest BCUT2D eigenvalue weighted by molar-refractivity contribution is -0.129. The Bertz CT molecular complexity index is 429. The van der Waals surface area contributed by atoms with Gasteiger partial charge in [-0.15, -0.1) is 0 Å². The number of primary amides is 1. The number of carbonyl (C=O) groups excluding carboxylic acids is 5. The third-order valence-electron chi connectivity index (χ3n) is 2.52. The molecule has 26 heavy (non-hydrogen) atoms. The predicted molar refractivity (Wildman–Crippen MR) is 100 cm³/mol. The highest BCUT2D eigenvalue weighted by Gasteiger charge is 2.09. The molecule has 0 saturated heterocycles. The van der Waals surface area contributed by atoms with E-state index in [9.17, 15) is 19.2 Å². The smallest absolute Gasteiger partial charge is 0.317 e. The highest BCUT2D eigenvalue weighted by atomic mass is 35.5. The molecule has 0 aromatic rings. The molecule has 0 spiro atoms. The fourth-order valence-electron chi connectivity index (χ4n) is 0.947. The lowest BCUT2D eigenvalue weighted by Gasteiger charge is -2.21. The maximum Gasteiger partial charge on any atom is 0.317 e. The van der Waals surface area contributed by atoms with E-state index in [-0.39, 0.29) is 25.2 Å². The van der Waals surface area contributed by atoms with Gasteiger partial charge in [0, 0.05) is 42.0 Å². The summed E-state index contributed by atoms with van der Waals surface area (Å²) in [5, 5.41) is -2.00. The third-order valence-corrected chi connectivity index (χ3v) is 3.10. The van der Waals surface area contributed by atoms with Gasteiger partial charge in [-0.3, -0.25) is 24.0 Å². The van der Waals surface area contributed by atoms with Gasteiger partial charge in [0.25, 0.3) is 0 Å². The quantitative estimate of drug-likeness (QED) is 0.408. The SMILES string of the molecule is CC(=O)N(C)CN(C)C(=O)Cl.CC(=O)N(C)CN(C)C(=O)Cl.NC(=O)Cl. The van der Waals surface area contributed by atoms with Crippen LogP contribution in [0.1, 0.15) is 13.8 Å². The highest BCUT2D eigenvalue weighted by molar-refractivity contribution is 6.63. The summed E-state index contributed by atoms with van der Waals surface area (Å²) in [6.45, 7) is 3.29. The molecule has 10 nitrogen and oxygen atoms in total. The molecule has 0 fully saturated rings. The number of hydrogen-bond donors (Lipinski definition) is 1. The van der Waals surface area contributed by atoms with E-state index in [4.69, 9.17) is 28.0 Å². The second kappa shape index (κ2) is 15.5. The standard InChI is InChI=1S/2C6H11ClN2O2.CH2ClNO/c2*1-5(10)8(2)4-9(3)6(7)11;2-1(3)4/h2*4H2,1-3H3;(H2,3,4). The molecule has 0 radical (unpaired) electrons. The zero-order chi connectivity index (χ0) is 21.6. The minimum absolute atomic E-state index is 0.102. The van der Waals surface area contributed by atoms with E-state index < -0.39 is 16.1 Å². The Kier molecular flexibility index (Phi) is 17.3. The Balaban J connectivity index is -0.000000338. The van der Waals surface area contributed by atoms with E-state index in [1.165, 1.54) is 47.5 Å². The Morgan fingerprint density at radius 3 is 0.962 bits per heavy atom. The van der Waals surface area contributed by atoms with Crippen molar-refractivity contribution in [1.82, 2.24) is 19.6 Å². The molecule has 0 bridgehead atoms. The van der Waals surface area contributed by atoms with Crippen molar-refractivity contribution in [2.75, 3.05) is 41.5 Å². The first kappa shape index (κ1) is 29.0. The van der Waals surface area contributed by atoms with Crippen LogP contribution < -0.4 is 5.73 Å². The summed E-state index contributed by atoms with van der Waals surface area (Å²) in [5.41, 5.74) is 4.24. The first-order valence-corrected chi connectivity index (χ1v) is 7.96. The summed E-state index contributed by atoms with van der Waals surface area (Å²) in [6, 6.07) is 0. The molecule has 0 saturated carbocycles. The molecule has 0 atom stereocenters. The number of hydrogen-bond acceptors (Lipinski definition) is 5. The van der Waals surface area contributed by atoms with Gasteiger partial charge in [0.05, 0.1) is 13.3 Å². The average molecular weight is 437 g/mol. The second-order valence-corrected chi connectivity index (χ2v) is 5.94. The van der Waals surface area contributed by atoms with Gasteiger partial charge in [-0.05, 0) is 34.8 Å². The van der Waals surface area contributed by atoms with Gasteiger partial charge in [-0.25, -0.2) is 0 Å². The molecule has 13 heteroatoms. The van der Waals surface area contributed by atoms with Gasteiger partial charge in [-0.1, -0.05) is 0 Å². The Morgan fingerprint density at radius 2 is 0.846 bits per heavy atom. The molecule has 0 heterocycles. The minimum Gasteiger partial charge on any atom is -0.356 e. The van der Waals surface area contributed by atoms with Crippen LogP contribution in [0.4, 0.5) is 14.4 Å². The minimum atomic E-state index is -0.861. The molecule has 0 unspecified atom stereocenters. The number of carbonyl (C=O) groups is 5. The van der Waals surface area contributed by atoms with Gasteiger partial charge >= 0.3 is 16.1 Å². The summed E-state index contributed by atoms with van der Waals surface area (Å²) in [6.07, 6.45) is 0. The summed E-state index contributed by atoms with van der Waals surface area (Å²) in [5.74, 6) is -0.204. The molecule has 152 valence electrons. The van der Waals surface area contributed by atoms with Crippen LogP contribution in [-0.2, 0) is 9.59 Å². The molecule has 0 aliphatic rings. The Morgan fingerprint density at radius 1 is 0.654 bits per heavy atom. The van der Waals surface area contributed by atoms with Crippen LogP contribution in [0.2, 0.25) is 0 Å². The largest absolute Gasteiger partial charge is 0.356 e. The van der Waals surface area contributed by atoms with E-state index in [1.807, 2.05) is 0 Å². The summed E-state index contributed by atoms with van der Waals surface area (Å²) in [7, 11) is 6.24. The first-order chi connectivity index (χ1) is 11.6. The Labute approximate surface area is 167 Å². The van der Waals surface area contributed by atoms with Crippen molar-refractivity contribution < 1.29 is 24.0 Å². The molecular formula is C13H24Cl3N5O5. The topological polar surface area (TPSA) is 124 Å². The molecule has 0 aromatic heterocycles. The number of halogens is 3. The van der Waals surface area contributed by atoms with Crippen molar-refractivity contribution in [2.24, 2.45) is 5.73 Å². The zero-order valence-electron chi connectivity index (χ0n) is 15.5. The van der Waals surface area contributed by atoms with Crippen LogP contribution in [-0.4, -0.2) is 89.0 Å². The molecule has 2 N–H and O–H groups in total. The first-order valence-electron chi connectivity index (χ1n) is 6.82. The molecular weight excluding hydrogens is 413 g/mol. The molecule has 0 aliphatic carbocycles. The lowest BCUT2D eigenvalue weighted by Crippen LogP contribution is -2.36. The van der Waals surface area contributed by atoms with Crippen molar-refractivity contribution in [3.8, 4) is 0 Å². The number of nitrogens with zero attached hydrogens (tertiary/aromatic N) is 4. The molecule has 0 rings (SSSR count). The summed E-state index contributed by atoms with van der Waals surface area (Å²) in [4.78, 5) is 56.4. The van der Waals surface area contributed by atoms with E-state index in [2.05, 4.69) is 17.3 Å². The monoisotopic (exact) mass is 435 g/mol.